The average molecular weight is 221 g/mol. The summed E-state index contributed by atoms with van der Waals surface area (Å²) in [4.78, 5) is 1.51. The zero-order valence-corrected chi connectivity index (χ0v) is 8.16. The smallest absolute Gasteiger partial charge is 0.291 e. The largest absolute Gasteiger partial charge is 0.522 e. The van der Waals surface area contributed by atoms with Crippen LogP contribution in [0.5, 0.6) is 0 Å². The SMILES string of the molecule is CN(CCOC(F)(F)F)C(S)S. The molecule has 2 nitrogen and oxygen atoms in total. The highest BCUT2D eigenvalue weighted by molar-refractivity contribution is 7.99. The molecular formula is C5H10F3NOS2. The number of ether oxygens (including phenoxy) is 1. The highest BCUT2D eigenvalue weighted by Crippen LogP contribution is 2.16. The molecule has 0 aliphatic carbocycles. The van der Waals surface area contributed by atoms with Crippen molar-refractivity contribution in [3.8, 4) is 0 Å². The van der Waals surface area contributed by atoms with Gasteiger partial charge in [-0.25, -0.2) is 0 Å². The first kappa shape index (κ1) is 12.4. The number of nitrogens with zero attached hydrogens (tertiary/aromatic N) is 1. The summed E-state index contributed by atoms with van der Waals surface area (Å²) in [5.41, 5.74) is 0. The fraction of sp³-hybridized carbons (Fsp3) is 1.00. The first-order chi connectivity index (χ1) is 5.33. The van der Waals surface area contributed by atoms with E-state index in [9.17, 15) is 13.2 Å². The monoisotopic (exact) mass is 221 g/mol. The van der Waals surface area contributed by atoms with Gasteiger partial charge in [-0.1, -0.05) is 0 Å². The molecule has 0 aromatic rings. The molecule has 0 radical (unpaired) electrons. The maximum Gasteiger partial charge on any atom is 0.522 e. The zero-order chi connectivity index (χ0) is 9.78. The van der Waals surface area contributed by atoms with Crippen LogP contribution in [-0.2, 0) is 4.74 Å². The van der Waals surface area contributed by atoms with Crippen LogP contribution in [0, 0.1) is 0 Å². The summed E-state index contributed by atoms with van der Waals surface area (Å²) < 4.78 is 37.5. The number of likely N-dealkylation sites (N-methyl/N-ethyl adjacent to an activating group) is 1. The summed E-state index contributed by atoms with van der Waals surface area (Å²) in [5, 5.41) is 0. The normalized spacial score (nSPS) is 13.0. The van der Waals surface area contributed by atoms with Crippen LogP contribution in [0.2, 0.25) is 0 Å². The summed E-state index contributed by atoms with van der Waals surface area (Å²) in [5.74, 6) is 0. The van der Waals surface area contributed by atoms with E-state index in [-0.39, 0.29) is 11.3 Å². The summed E-state index contributed by atoms with van der Waals surface area (Å²) in [7, 11) is 1.60. The number of thiol groups is 2. The van der Waals surface area contributed by atoms with Crippen molar-refractivity contribution in [2.75, 3.05) is 20.2 Å². The minimum Gasteiger partial charge on any atom is -0.291 e. The van der Waals surface area contributed by atoms with Gasteiger partial charge in [0.05, 0.1) is 11.3 Å². The second-order valence-electron chi connectivity index (χ2n) is 2.12. The molecule has 74 valence electrons. The van der Waals surface area contributed by atoms with Crippen molar-refractivity contribution >= 4 is 25.3 Å². The predicted octanol–water partition coefficient (Wildman–Crippen LogP) is 1.60. The van der Waals surface area contributed by atoms with Gasteiger partial charge in [-0.2, -0.15) is 0 Å². The van der Waals surface area contributed by atoms with Gasteiger partial charge in [-0.3, -0.25) is 9.64 Å². The van der Waals surface area contributed by atoms with Crippen LogP contribution < -0.4 is 0 Å². The number of alkyl halides is 3. The first-order valence-corrected chi connectivity index (χ1v) is 4.13. The van der Waals surface area contributed by atoms with E-state index < -0.39 is 13.0 Å². The summed E-state index contributed by atoms with van der Waals surface area (Å²) in [6, 6.07) is 0. The Bertz CT molecular complexity index is 130. The molecule has 0 heterocycles. The molecule has 0 aromatic heterocycles. The molecule has 0 aliphatic rings. The van der Waals surface area contributed by atoms with Crippen molar-refractivity contribution in [2.45, 2.75) is 11.1 Å². The maximum atomic E-state index is 11.4. The van der Waals surface area contributed by atoms with E-state index in [1.165, 1.54) is 4.90 Å². The second kappa shape index (κ2) is 5.21. The Labute approximate surface area is 79.9 Å². The summed E-state index contributed by atoms with van der Waals surface area (Å²) in [6.07, 6.45) is -4.55. The Morgan fingerprint density at radius 2 is 1.92 bits per heavy atom. The van der Waals surface area contributed by atoms with Gasteiger partial charge in [0.1, 0.15) is 0 Å². The molecule has 0 saturated heterocycles. The molecule has 0 spiro atoms. The van der Waals surface area contributed by atoms with Gasteiger partial charge < -0.3 is 0 Å². The van der Waals surface area contributed by atoms with Crippen molar-refractivity contribution in [3.05, 3.63) is 0 Å². The fourth-order valence-corrected chi connectivity index (χ4v) is 0.652. The van der Waals surface area contributed by atoms with Gasteiger partial charge in [0, 0.05) is 6.54 Å². The molecule has 12 heavy (non-hydrogen) atoms. The molecule has 0 fully saturated rings. The fourth-order valence-electron chi connectivity index (χ4n) is 0.421. The summed E-state index contributed by atoms with van der Waals surface area (Å²) >= 11 is 7.78. The lowest BCUT2D eigenvalue weighted by Gasteiger charge is -2.19. The highest BCUT2D eigenvalue weighted by atomic mass is 32.2. The van der Waals surface area contributed by atoms with Crippen molar-refractivity contribution in [2.24, 2.45) is 0 Å². The van der Waals surface area contributed by atoms with E-state index in [0.717, 1.165) is 0 Å². The van der Waals surface area contributed by atoms with E-state index in [4.69, 9.17) is 0 Å². The van der Waals surface area contributed by atoms with Crippen LogP contribution in [-0.4, -0.2) is 36.2 Å². The van der Waals surface area contributed by atoms with Crippen molar-refractivity contribution in [1.82, 2.24) is 4.90 Å². The Balaban J connectivity index is 3.44. The molecule has 0 N–H and O–H groups in total. The number of rotatable bonds is 4. The molecule has 0 bridgehead atoms. The lowest BCUT2D eigenvalue weighted by molar-refractivity contribution is -0.324. The Morgan fingerprint density at radius 1 is 1.42 bits per heavy atom. The standard InChI is InChI=1S/C5H10F3NOS2/c1-9(4(11)12)2-3-10-5(6,7)8/h4,11-12H,2-3H2,1H3. The Morgan fingerprint density at radius 3 is 2.25 bits per heavy atom. The quantitative estimate of drug-likeness (QED) is 0.552. The van der Waals surface area contributed by atoms with Crippen molar-refractivity contribution in [3.63, 3.8) is 0 Å². The van der Waals surface area contributed by atoms with E-state index >= 15 is 0 Å². The molecule has 0 unspecified atom stereocenters. The van der Waals surface area contributed by atoms with Gasteiger partial charge in [-0.05, 0) is 7.05 Å². The maximum absolute atomic E-state index is 11.4. The average Bonchev–Trinajstić information content (AvgIpc) is 1.84. The van der Waals surface area contributed by atoms with Crippen LogP contribution in [0.1, 0.15) is 0 Å². The lowest BCUT2D eigenvalue weighted by Crippen LogP contribution is -2.29. The van der Waals surface area contributed by atoms with Crippen LogP contribution >= 0.6 is 25.3 Å². The third-order valence-corrected chi connectivity index (χ3v) is 1.89. The minimum absolute atomic E-state index is 0.136. The molecule has 0 amide bonds. The highest BCUT2D eigenvalue weighted by Gasteiger charge is 2.28. The molecular weight excluding hydrogens is 211 g/mol. The Kier molecular flexibility index (Phi) is 5.38. The molecule has 0 saturated carbocycles. The molecule has 7 heteroatoms. The van der Waals surface area contributed by atoms with E-state index in [1.54, 1.807) is 7.05 Å². The molecule has 0 aliphatic heterocycles. The van der Waals surface area contributed by atoms with Crippen molar-refractivity contribution in [1.29, 1.82) is 0 Å². The van der Waals surface area contributed by atoms with Gasteiger partial charge >= 0.3 is 6.36 Å². The number of hydrogen-bond acceptors (Lipinski definition) is 4. The summed E-state index contributed by atoms with van der Waals surface area (Å²) in [6.45, 7) is -0.269. The van der Waals surface area contributed by atoms with Crippen LogP contribution in [0.4, 0.5) is 13.2 Å². The lowest BCUT2D eigenvalue weighted by atomic mass is 10.6. The van der Waals surface area contributed by atoms with Gasteiger partial charge in [0.25, 0.3) is 0 Å². The number of hydrogen-bond donors (Lipinski definition) is 2. The van der Waals surface area contributed by atoms with Gasteiger partial charge in [0.15, 0.2) is 0 Å². The molecule has 0 aromatic carbocycles. The first-order valence-electron chi connectivity index (χ1n) is 3.10. The van der Waals surface area contributed by atoms with Gasteiger partial charge in [-0.15, -0.1) is 38.4 Å². The van der Waals surface area contributed by atoms with E-state index in [0.29, 0.717) is 0 Å². The second-order valence-corrected chi connectivity index (χ2v) is 3.51. The topological polar surface area (TPSA) is 12.5 Å². The van der Waals surface area contributed by atoms with Crippen LogP contribution in [0.15, 0.2) is 0 Å². The van der Waals surface area contributed by atoms with E-state index in [2.05, 4.69) is 30.0 Å². The zero-order valence-electron chi connectivity index (χ0n) is 6.38. The predicted molar refractivity (Wildman–Crippen MR) is 46.4 cm³/mol. The van der Waals surface area contributed by atoms with Crippen molar-refractivity contribution < 1.29 is 17.9 Å². The Hall–Kier alpha value is 0.410. The molecule has 0 rings (SSSR count). The van der Waals surface area contributed by atoms with Gasteiger partial charge in [0.2, 0.25) is 0 Å². The van der Waals surface area contributed by atoms with Crippen LogP contribution in [0.3, 0.4) is 0 Å². The number of halogens is 3. The van der Waals surface area contributed by atoms with E-state index in [1.807, 2.05) is 0 Å². The molecule has 0 atom stereocenters. The van der Waals surface area contributed by atoms with Crippen LogP contribution in [0.25, 0.3) is 0 Å². The minimum atomic E-state index is -4.55. The third-order valence-electron chi connectivity index (χ3n) is 1.10. The third kappa shape index (κ3) is 7.08.